The van der Waals surface area contributed by atoms with Crippen molar-refractivity contribution in [1.82, 2.24) is 0 Å². The molecule has 0 unspecified atom stereocenters. The Balaban J connectivity index is 1.44. The van der Waals surface area contributed by atoms with E-state index < -0.39 is 5.97 Å². The number of allylic oxidation sites excluding steroid dienone is 1. The summed E-state index contributed by atoms with van der Waals surface area (Å²) in [7, 11) is 0. The molecule has 6 nitrogen and oxygen atoms in total. The van der Waals surface area contributed by atoms with Crippen molar-refractivity contribution < 1.29 is 28.6 Å². The van der Waals surface area contributed by atoms with Crippen LogP contribution in [0.4, 0.5) is 0 Å². The summed E-state index contributed by atoms with van der Waals surface area (Å²) >= 11 is 0. The molecule has 2 atom stereocenters. The Morgan fingerprint density at radius 3 is 2.21 bits per heavy atom. The standard InChI is InChI=1S/C33H40O6/c1-5-31(34)38-21-9-7-6-8-20-37-27-17-13-26(14-18-27)33(36)39-28-15-11-25(12-16-28)22-30-24(4)10-19-29(23(2)3)32(30)35/h5,11-18,22-24,29H,1,6-10,19-21H2,2-4H3/b30-22+/t24-,29-/m1/s1. The monoisotopic (exact) mass is 532 g/mol. The maximum absolute atomic E-state index is 13.0. The Morgan fingerprint density at radius 2 is 1.56 bits per heavy atom. The molecule has 1 aliphatic rings. The first-order valence-corrected chi connectivity index (χ1v) is 13.9. The van der Waals surface area contributed by atoms with E-state index in [9.17, 15) is 14.4 Å². The molecule has 0 aromatic heterocycles. The van der Waals surface area contributed by atoms with Gasteiger partial charge in [-0.15, -0.1) is 0 Å². The average Bonchev–Trinajstić information content (AvgIpc) is 2.93. The fourth-order valence-electron chi connectivity index (χ4n) is 4.67. The molecule has 6 heteroatoms. The summed E-state index contributed by atoms with van der Waals surface area (Å²) in [6, 6.07) is 14.1. The summed E-state index contributed by atoms with van der Waals surface area (Å²) in [6.45, 7) is 10.7. The summed E-state index contributed by atoms with van der Waals surface area (Å²) in [5.41, 5.74) is 2.24. The van der Waals surface area contributed by atoms with E-state index in [4.69, 9.17) is 14.2 Å². The van der Waals surface area contributed by atoms with Crippen molar-refractivity contribution in [2.24, 2.45) is 17.8 Å². The van der Waals surface area contributed by atoms with Gasteiger partial charge in [0, 0.05) is 12.0 Å². The van der Waals surface area contributed by atoms with Crippen molar-refractivity contribution in [3.63, 3.8) is 0 Å². The van der Waals surface area contributed by atoms with E-state index in [-0.39, 0.29) is 23.6 Å². The number of Topliss-reactive ketones (excluding diaryl/α,β-unsaturated/α-hetero) is 1. The van der Waals surface area contributed by atoms with E-state index in [2.05, 4.69) is 27.4 Å². The normalized spacial score (nSPS) is 18.2. The number of unbranched alkanes of at least 4 members (excludes halogenated alkanes) is 3. The minimum Gasteiger partial charge on any atom is -0.494 e. The van der Waals surface area contributed by atoms with Crippen LogP contribution >= 0.6 is 0 Å². The van der Waals surface area contributed by atoms with Crippen molar-refractivity contribution in [1.29, 1.82) is 0 Å². The lowest BCUT2D eigenvalue weighted by Gasteiger charge is -2.30. The number of hydrogen-bond acceptors (Lipinski definition) is 6. The SMILES string of the molecule is C=CC(=O)OCCCCCCOc1ccc(C(=O)Oc2ccc(/C=C3/C(=O)[C@@H](C(C)C)CC[C@H]3C)cc2)cc1. The van der Waals surface area contributed by atoms with Gasteiger partial charge in [-0.25, -0.2) is 9.59 Å². The Kier molecular flexibility index (Phi) is 11.5. The lowest BCUT2D eigenvalue weighted by molar-refractivity contribution is -0.137. The van der Waals surface area contributed by atoms with E-state index in [1.807, 2.05) is 18.2 Å². The van der Waals surface area contributed by atoms with Crippen LogP contribution in [0.3, 0.4) is 0 Å². The van der Waals surface area contributed by atoms with Gasteiger partial charge in [0.05, 0.1) is 18.8 Å². The van der Waals surface area contributed by atoms with E-state index in [1.54, 1.807) is 36.4 Å². The maximum Gasteiger partial charge on any atom is 0.343 e. The maximum atomic E-state index is 13.0. The third kappa shape index (κ3) is 9.24. The van der Waals surface area contributed by atoms with E-state index in [0.29, 0.717) is 36.2 Å². The van der Waals surface area contributed by atoms with Crippen LogP contribution in [-0.4, -0.2) is 30.9 Å². The molecule has 1 aliphatic carbocycles. The highest BCUT2D eigenvalue weighted by molar-refractivity contribution is 6.02. The second-order valence-corrected chi connectivity index (χ2v) is 10.4. The van der Waals surface area contributed by atoms with Crippen LogP contribution in [0.15, 0.2) is 66.8 Å². The molecule has 0 spiro atoms. The predicted octanol–water partition coefficient (Wildman–Crippen LogP) is 7.23. The number of esters is 2. The predicted molar refractivity (Wildman–Crippen MR) is 153 cm³/mol. The van der Waals surface area contributed by atoms with Crippen LogP contribution in [0.1, 0.15) is 75.2 Å². The smallest absolute Gasteiger partial charge is 0.343 e. The van der Waals surface area contributed by atoms with Crippen molar-refractivity contribution in [2.75, 3.05) is 13.2 Å². The molecule has 0 heterocycles. The van der Waals surface area contributed by atoms with Crippen LogP contribution < -0.4 is 9.47 Å². The largest absolute Gasteiger partial charge is 0.494 e. The summed E-state index contributed by atoms with van der Waals surface area (Å²) in [5.74, 6) is 1.25. The van der Waals surface area contributed by atoms with Gasteiger partial charge in [0.2, 0.25) is 0 Å². The quantitative estimate of drug-likeness (QED) is 0.117. The topological polar surface area (TPSA) is 78.9 Å². The van der Waals surface area contributed by atoms with Crippen molar-refractivity contribution >= 4 is 23.8 Å². The van der Waals surface area contributed by atoms with Crippen LogP contribution in [0, 0.1) is 17.8 Å². The van der Waals surface area contributed by atoms with Crippen molar-refractivity contribution in [2.45, 2.75) is 59.3 Å². The molecule has 0 N–H and O–H groups in total. The molecule has 0 radical (unpaired) electrons. The molecule has 0 amide bonds. The van der Waals surface area contributed by atoms with Crippen LogP contribution in [0.25, 0.3) is 6.08 Å². The number of ketones is 1. The zero-order valence-electron chi connectivity index (χ0n) is 23.3. The first-order chi connectivity index (χ1) is 18.8. The van der Waals surface area contributed by atoms with E-state index >= 15 is 0 Å². The third-order valence-corrected chi connectivity index (χ3v) is 7.09. The zero-order valence-corrected chi connectivity index (χ0v) is 23.3. The third-order valence-electron chi connectivity index (χ3n) is 7.09. The molecule has 0 bridgehead atoms. The van der Waals surface area contributed by atoms with Gasteiger partial charge in [0.15, 0.2) is 5.78 Å². The molecular weight excluding hydrogens is 492 g/mol. The second-order valence-electron chi connectivity index (χ2n) is 10.4. The van der Waals surface area contributed by atoms with Crippen LogP contribution in [-0.2, 0) is 14.3 Å². The summed E-state index contributed by atoms with van der Waals surface area (Å²) in [4.78, 5) is 36.5. The fraction of sp³-hybridized carbons (Fsp3) is 0.424. The summed E-state index contributed by atoms with van der Waals surface area (Å²) in [5, 5.41) is 0. The number of benzene rings is 2. The minimum absolute atomic E-state index is 0.0940. The van der Waals surface area contributed by atoms with Gasteiger partial charge < -0.3 is 14.2 Å². The highest BCUT2D eigenvalue weighted by Gasteiger charge is 2.32. The molecular formula is C33H40O6. The van der Waals surface area contributed by atoms with Gasteiger partial charge in [-0.05, 0) is 104 Å². The number of ether oxygens (including phenoxy) is 3. The molecule has 0 saturated heterocycles. The first-order valence-electron chi connectivity index (χ1n) is 13.9. The number of carbonyl (C=O) groups excluding carboxylic acids is 3. The van der Waals surface area contributed by atoms with Crippen molar-refractivity contribution in [3.8, 4) is 11.5 Å². The fourth-order valence-corrected chi connectivity index (χ4v) is 4.67. The Morgan fingerprint density at radius 1 is 0.923 bits per heavy atom. The number of rotatable bonds is 13. The van der Waals surface area contributed by atoms with E-state index in [1.165, 1.54) is 6.08 Å². The lowest BCUT2D eigenvalue weighted by Crippen LogP contribution is -2.30. The summed E-state index contributed by atoms with van der Waals surface area (Å²) < 4.78 is 16.2. The highest BCUT2D eigenvalue weighted by atomic mass is 16.5. The Hall–Kier alpha value is -3.67. The van der Waals surface area contributed by atoms with Crippen molar-refractivity contribution in [3.05, 3.63) is 77.9 Å². The Bertz CT molecular complexity index is 1140. The molecule has 2 aromatic rings. The number of hydrogen-bond donors (Lipinski definition) is 0. The van der Waals surface area contributed by atoms with Gasteiger partial charge in [-0.3, -0.25) is 4.79 Å². The number of carbonyl (C=O) groups is 3. The average molecular weight is 533 g/mol. The molecule has 39 heavy (non-hydrogen) atoms. The zero-order chi connectivity index (χ0) is 28.2. The van der Waals surface area contributed by atoms with Gasteiger partial charge in [0.1, 0.15) is 11.5 Å². The van der Waals surface area contributed by atoms with Gasteiger partial charge >= 0.3 is 11.9 Å². The minimum atomic E-state index is -0.444. The van der Waals surface area contributed by atoms with Gasteiger partial charge in [-0.2, -0.15) is 0 Å². The van der Waals surface area contributed by atoms with Gasteiger partial charge in [-0.1, -0.05) is 39.5 Å². The van der Waals surface area contributed by atoms with Gasteiger partial charge in [0.25, 0.3) is 0 Å². The molecule has 1 fully saturated rings. The van der Waals surface area contributed by atoms with E-state index in [0.717, 1.165) is 49.7 Å². The Labute approximate surface area is 232 Å². The lowest BCUT2D eigenvalue weighted by atomic mass is 9.73. The molecule has 3 rings (SSSR count). The highest BCUT2D eigenvalue weighted by Crippen LogP contribution is 2.35. The second kappa shape index (κ2) is 15.1. The summed E-state index contributed by atoms with van der Waals surface area (Å²) in [6.07, 6.45) is 8.75. The first kappa shape index (κ1) is 29.9. The molecule has 1 saturated carbocycles. The molecule has 208 valence electrons. The van der Waals surface area contributed by atoms with Crippen LogP contribution in [0.5, 0.6) is 11.5 Å². The molecule has 0 aliphatic heterocycles. The van der Waals surface area contributed by atoms with Crippen LogP contribution in [0.2, 0.25) is 0 Å². The molecule has 2 aromatic carbocycles.